The fourth-order valence-electron chi connectivity index (χ4n) is 4.01. The zero-order chi connectivity index (χ0) is 31.3. The second kappa shape index (κ2) is 16.6. The van der Waals surface area contributed by atoms with E-state index >= 15 is 0 Å². The van der Waals surface area contributed by atoms with Gasteiger partial charge in [-0.1, -0.05) is 12.7 Å². The lowest BCUT2D eigenvalue weighted by molar-refractivity contribution is -0.253. The molecule has 1 heterocycles. The molecule has 0 aromatic rings. The Morgan fingerprint density at radius 2 is 1.37 bits per heavy atom. The first-order chi connectivity index (χ1) is 19.0. The van der Waals surface area contributed by atoms with Gasteiger partial charge in [-0.2, -0.15) is 0 Å². The predicted octanol–water partition coefficient (Wildman–Crippen LogP) is 1.90. The molecule has 0 radical (unpaired) electrons. The SMILES string of the molecule is C=CCOC(=O)[C@H](CCC[C@@H]1O[C@H](COC(C)=O)[C@H](OC(C)=O)[C@H](OC(C)=O)[C@H]1OC(C)=O)NC(=O)OC(C)(C)C. The van der Waals surface area contributed by atoms with Crippen LogP contribution >= 0.6 is 0 Å². The highest BCUT2D eigenvalue weighted by molar-refractivity contribution is 5.81. The van der Waals surface area contributed by atoms with Crippen molar-refractivity contribution in [1.29, 1.82) is 0 Å². The number of carbonyl (C=O) groups excluding carboxylic acids is 6. The number of amides is 1. The van der Waals surface area contributed by atoms with Crippen molar-refractivity contribution in [3.8, 4) is 0 Å². The van der Waals surface area contributed by atoms with E-state index in [1.54, 1.807) is 20.8 Å². The van der Waals surface area contributed by atoms with Crippen molar-refractivity contribution in [2.45, 2.75) is 110 Å². The van der Waals surface area contributed by atoms with Gasteiger partial charge in [-0.3, -0.25) is 19.2 Å². The minimum atomic E-state index is -1.30. The van der Waals surface area contributed by atoms with Crippen LogP contribution in [-0.4, -0.2) is 91.3 Å². The van der Waals surface area contributed by atoms with Gasteiger partial charge < -0.3 is 38.5 Å². The lowest BCUT2D eigenvalue weighted by Crippen LogP contribution is -2.62. The maximum absolute atomic E-state index is 12.6. The molecular formula is C27H41NO13. The van der Waals surface area contributed by atoms with E-state index in [4.69, 9.17) is 33.2 Å². The Morgan fingerprint density at radius 1 is 0.829 bits per heavy atom. The molecule has 232 valence electrons. The standard InChI is InChI=1S/C27H41NO13/c1-9-13-35-25(33)19(28-26(34)41-27(6,7)8)11-10-12-20-22(37-16(3)30)24(39-18(5)32)23(38-17(4)31)21(40-20)14-36-15(2)29/h9,19-24H,1,10-14H2,2-8H3,(H,28,34)/t19-,20-,21+,22-,23-,24+/m0/s1. The van der Waals surface area contributed by atoms with Gasteiger partial charge in [0.25, 0.3) is 0 Å². The molecule has 0 unspecified atom stereocenters. The van der Waals surface area contributed by atoms with Crippen molar-refractivity contribution in [1.82, 2.24) is 5.32 Å². The van der Waals surface area contributed by atoms with Gasteiger partial charge in [0.1, 0.15) is 31.0 Å². The summed E-state index contributed by atoms with van der Waals surface area (Å²) < 4.78 is 37.7. The number of alkyl carbamates (subject to hydrolysis) is 1. The number of hydrogen-bond acceptors (Lipinski definition) is 13. The summed E-state index contributed by atoms with van der Waals surface area (Å²) in [6, 6.07) is -1.10. The van der Waals surface area contributed by atoms with E-state index in [9.17, 15) is 28.8 Å². The number of hydrogen-bond donors (Lipinski definition) is 1. The molecule has 6 atom stereocenters. The molecule has 1 aliphatic heterocycles. The Balaban J connectivity index is 3.23. The second-order valence-electron chi connectivity index (χ2n) is 10.3. The maximum atomic E-state index is 12.6. The van der Waals surface area contributed by atoms with Crippen molar-refractivity contribution in [3.63, 3.8) is 0 Å². The average molecular weight is 588 g/mol. The lowest BCUT2D eigenvalue weighted by Gasteiger charge is -2.44. The molecule has 0 spiro atoms. The van der Waals surface area contributed by atoms with Crippen LogP contribution in [0.3, 0.4) is 0 Å². The van der Waals surface area contributed by atoms with Crippen LogP contribution in [0.2, 0.25) is 0 Å². The third kappa shape index (κ3) is 13.5. The Bertz CT molecular complexity index is 957. The molecule has 1 amide bonds. The molecule has 41 heavy (non-hydrogen) atoms. The largest absolute Gasteiger partial charge is 0.463 e. The molecule has 14 nitrogen and oxygen atoms in total. The lowest BCUT2D eigenvalue weighted by atomic mass is 9.91. The Kier molecular flexibility index (Phi) is 14.3. The molecule has 1 fully saturated rings. The van der Waals surface area contributed by atoms with E-state index in [0.29, 0.717) is 0 Å². The summed E-state index contributed by atoms with van der Waals surface area (Å²) in [6.07, 6.45) is -4.91. The van der Waals surface area contributed by atoms with Crippen LogP contribution in [0.5, 0.6) is 0 Å². The second-order valence-corrected chi connectivity index (χ2v) is 10.3. The quantitative estimate of drug-likeness (QED) is 0.188. The van der Waals surface area contributed by atoms with Crippen LogP contribution in [0.15, 0.2) is 12.7 Å². The first-order valence-corrected chi connectivity index (χ1v) is 13.1. The molecule has 0 aromatic heterocycles. The number of carbonyl (C=O) groups is 6. The molecule has 0 aromatic carbocycles. The Hall–Kier alpha value is -3.68. The average Bonchev–Trinajstić information content (AvgIpc) is 2.82. The van der Waals surface area contributed by atoms with Crippen molar-refractivity contribution in [2.75, 3.05) is 13.2 Å². The van der Waals surface area contributed by atoms with Gasteiger partial charge in [0.15, 0.2) is 18.3 Å². The van der Waals surface area contributed by atoms with Gasteiger partial charge in [-0.15, -0.1) is 0 Å². The van der Waals surface area contributed by atoms with Gasteiger partial charge in [-0.25, -0.2) is 9.59 Å². The number of ether oxygens (including phenoxy) is 7. The van der Waals surface area contributed by atoms with Crippen molar-refractivity contribution >= 4 is 35.9 Å². The molecule has 1 aliphatic rings. The first-order valence-electron chi connectivity index (χ1n) is 13.1. The summed E-state index contributed by atoms with van der Waals surface area (Å²) in [5.41, 5.74) is -0.812. The summed E-state index contributed by atoms with van der Waals surface area (Å²) in [4.78, 5) is 72.3. The van der Waals surface area contributed by atoms with Crippen LogP contribution in [0.1, 0.15) is 67.7 Å². The van der Waals surface area contributed by atoms with Crippen molar-refractivity contribution in [2.24, 2.45) is 0 Å². The summed E-state index contributed by atoms with van der Waals surface area (Å²) in [5.74, 6) is -3.57. The topological polar surface area (TPSA) is 179 Å². The van der Waals surface area contributed by atoms with E-state index in [2.05, 4.69) is 11.9 Å². The highest BCUT2D eigenvalue weighted by Gasteiger charge is 2.51. The third-order valence-electron chi connectivity index (χ3n) is 5.39. The summed E-state index contributed by atoms with van der Waals surface area (Å²) in [5, 5.41) is 2.49. The van der Waals surface area contributed by atoms with Crippen molar-refractivity contribution < 1.29 is 61.9 Å². The molecule has 1 saturated heterocycles. The monoisotopic (exact) mass is 587 g/mol. The highest BCUT2D eigenvalue weighted by Crippen LogP contribution is 2.31. The summed E-state index contributed by atoms with van der Waals surface area (Å²) in [6.45, 7) is 12.6. The van der Waals surface area contributed by atoms with Gasteiger partial charge in [0, 0.05) is 27.7 Å². The molecule has 14 heteroatoms. The van der Waals surface area contributed by atoms with E-state index in [-0.39, 0.29) is 32.5 Å². The number of esters is 5. The minimum Gasteiger partial charge on any atom is -0.463 e. The Labute approximate surface area is 239 Å². The first kappa shape index (κ1) is 35.3. The van der Waals surface area contributed by atoms with Gasteiger partial charge in [0.2, 0.25) is 0 Å². The summed E-state index contributed by atoms with van der Waals surface area (Å²) in [7, 11) is 0. The fraction of sp³-hybridized carbons (Fsp3) is 0.704. The molecular weight excluding hydrogens is 546 g/mol. The van der Waals surface area contributed by atoms with Crippen LogP contribution in [0.4, 0.5) is 4.79 Å². The predicted molar refractivity (Wildman–Crippen MR) is 140 cm³/mol. The molecule has 0 saturated carbocycles. The van der Waals surface area contributed by atoms with Gasteiger partial charge >= 0.3 is 35.9 Å². The number of rotatable bonds is 13. The van der Waals surface area contributed by atoms with Crippen LogP contribution in [-0.2, 0) is 57.1 Å². The molecule has 0 aliphatic carbocycles. The highest BCUT2D eigenvalue weighted by atomic mass is 16.7. The van der Waals surface area contributed by atoms with Gasteiger partial charge in [0.05, 0.1) is 6.10 Å². The zero-order valence-corrected chi connectivity index (χ0v) is 24.6. The van der Waals surface area contributed by atoms with E-state index in [1.807, 2.05) is 0 Å². The van der Waals surface area contributed by atoms with E-state index in [1.165, 1.54) is 13.0 Å². The maximum Gasteiger partial charge on any atom is 0.408 e. The normalized spacial score (nSPS) is 22.8. The minimum absolute atomic E-state index is 0.0576. The smallest absolute Gasteiger partial charge is 0.408 e. The van der Waals surface area contributed by atoms with Gasteiger partial charge in [-0.05, 0) is 40.0 Å². The van der Waals surface area contributed by atoms with Crippen molar-refractivity contribution in [3.05, 3.63) is 12.7 Å². The zero-order valence-electron chi connectivity index (χ0n) is 24.6. The third-order valence-corrected chi connectivity index (χ3v) is 5.39. The van der Waals surface area contributed by atoms with Crippen LogP contribution < -0.4 is 5.32 Å². The molecule has 1 N–H and O–H groups in total. The van der Waals surface area contributed by atoms with E-state index < -0.39 is 78.1 Å². The fourth-order valence-corrected chi connectivity index (χ4v) is 4.01. The summed E-state index contributed by atoms with van der Waals surface area (Å²) >= 11 is 0. The Morgan fingerprint density at radius 3 is 1.85 bits per heavy atom. The number of nitrogens with one attached hydrogen (secondary N) is 1. The molecule has 0 bridgehead atoms. The molecule has 1 rings (SSSR count). The van der Waals surface area contributed by atoms with Crippen LogP contribution in [0.25, 0.3) is 0 Å². The van der Waals surface area contributed by atoms with E-state index in [0.717, 1.165) is 20.8 Å². The van der Waals surface area contributed by atoms with Crippen LogP contribution in [0, 0.1) is 0 Å².